The lowest BCUT2D eigenvalue weighted by molar-refractivity contribution is -0.137. The summed E-state index contributed by atoms with van der Waals surface area (Å²) in [6.07, 6.45) is 1.35. The molecule has 0 spiro atoms. The van der Waals surface area contributed by atoms with Crippen molar-refractivity contribution in [3.05, 3.63) is 58.5 Å². The first kappa shape index (κ1) is 22.6. The van der Waals surface area contributed by atoms with Gasteiger partial charge in [0.1, 0.15) is 29.2 Å². The Balaban J connectivity index is 1.89. The minimum Gasteiger partial charge on any atom is -0.327 e. The van der Waals surface area contributed by atoms with Crippen LogP contribution in [-0.4, -0.2) is 38.4 Å². The van der Waals surface area contributed by atoms with Crippen molar-refractivity contribution in [3.8, 4) is 17.3 Å². The summed E-state index contributed by atoms with van der Waals surface area (Å²) in [7, 11) is 0. The van der Waals surface area contributed by atoms with Gasteiger partial charge < -0.3 is 20.5 Å². The van der Waals surface area contributed by atoms with E-state index in [-0.39, 0.29) is 23.0 Å². The molecule has 11 heteroatoms. The van der Waals surface area contributed by atoms with Gasteiger partial charge in [-0.3, -0.25) is 4.79 Å². The number of nitrogens with two attached hydrogens (primary N) is 1. The normalized spacial score (nSPS) is 14.5. The van der Waals surface area contributed by atoms with Crippen molar-refractivity contribution in [2.24, 2.45) is 5.73 Å². The van der Waals surface area contributed by atoms with Crippen molar-refractivity contribution in [2.75, 3.05) is 18.4 Å². The fourth-order valence-electron chi connectivity index (χ4n) is 3.97. The molecule has 0 atom stereocenters. The molecule has 1 amide bonds. The molecule has 4 rings (SSSR count). The predicted octanol–water partition coefficient (Wildman–Crippen LogP) is 3.53. The van der Waals surface area contributed by atoms with E-state index in [0.717, 1.165) is 12.1 Å². The average Bonchev–Trinajstić information content (AvgIpc) is 3.16. The number of benzene rings is 1. The fraction of sp³-hybridized carbons (Fsp3) is 0.273. The van der Waals surface area contributed by atoms with Crippen molar-refractivity contribution < 1.29 is 13.6 Å². The number of nitrogens with one attached hydrogen (secondary N) is 1. The summed E-state index contributed by atoms with van der Waals surface area (Å²) in [4.78, 5) is 23.0. The summed E-state index contributed by atoms with van der Waals surface area (Å²) in [6, 6.07) is 6.98. The van der Waals surface area contributed by atoms with Gasteiger partial charge in [0.15, 0.2) is 11.6 Å². The van der Waals surface area contributed by atoms with Crippen molar-refractivity contribution >= 4 is 29.1 Å². The van der Waals surface area contributed by atoms with E-state index in [0.29, 0.717) is 41.8 Å². The molecule has 1 aromatic carbocycles. The maximum Gasteiger partial charge on any atom is 0.237 e. The lowest BCUT2D eigenvalue weighted by Crippen LogP contribution is -2.53. The highest BCUT2D eigenvalue weighted by Crippen LogP contribution is 2.39. The van der Waals surface area contributed by atoms with Gasteiger partial charge >= 0.3 is 0 Å². The third kappa shape index (κ3) is 3.90. The fourth-order valence-corrected chi connectivity index (χ4v) is 4.12. The van der Waals surface area contributed by atoms with Gasteiger partial charge in [0.25, 0.3) is 0 Å². The number of pyridine rings is 1. The molecule has 2 aromatic heterocycles. The average molecular weight is 472 g/mol. The van der Waals surface area contributed by atoms with E-state index in [2.05, 4.69) is 10.3 Å². The highest BCUT2D eigenvalue weighted by Gasteiger charge is 2.41. The van der Waals surface area contributed by atoms with Gasteiger partial charge in [0.2, 0.25) is 5.91 Å². The standard InChI is InChI=1S/C22H20ClF2N7O/c1-22(2)21-30-19(12-3-4-15(24)16(25)7-12)20(31(21)5-6-32(22)18(33)10-27)29-17-8-13(9-26)14(23)11-28-17/h3-4,7-8,11H,5-6,10,27H2,1-2H3,(H,28,29). The zero-order valence-electron chi connectivity index (χ0n) is 17.9. The van der Waals surface area contributed by atoms with Crippen LogP contribution in [0.2, 0.25) is 5.02 Å². The van der Waals surface area contributed by atoms with Crippen molar-refractivity contribution in [1.82, 2.24) is 19.4 Å². The molecule has 1 aliphatic heterocycles. The summed E-state index contributed by atoms with van der Waals surface area (Å²) in [5, 5.41) is 12.6. The second kappa shape index (κ2) is 8.42. The molecule has 0 unspecified atom stereocenters. The molecule has 33 heavy (non-hydrogen) atoms. The number of hydrogen-bond donors (Lipinski definition) is 2. The SMILES string of the molecule is CC1(C)c2nc(-c3ccc(F)c(F)c3)c(Nc3cc(C#N)c(Cl)cn3)n2CCN1C(=O)CN. The van der Waals surface area contributed by atoms with Gasteiger partial charge in [-0.15, -0.1) is 0 Å². The molecule has 3 heterocycles. The Morgan fingerprint density at radius 2 is 2.06 bits per heavy atom. The van der Waals surface area contributed by atoms with Crippen molar-refractivity contribution in [3.63, 3.8) is 0 Å². The van der Waals surface area contributed by atoms with Crippen LogP contribution in [0, 0.1) is 23.0 Å². The van der Waals surface area contributed by atoms with Crippen LogP contribution in [0.15, 0.2) is 30.5 Å². The Bertz CT molecular complexity index is 1300. The van der Waals surface area contributed by atoms with E-state index in [1.807, 2.05) is 24.5 Å². The summed E-state index contributed by atoms with van der Waals surface area (Å²) in [5.41, 5.74) is 5.66. The highest BCUT2D eigenvalue weighted by atomic mass is 35.5. The Labute approximate surface area is 193 Å². The van der Waals surface area contributed by atoms with E-state index in [1.54, 1.807) is 4.90 Å². The first-order valence-electron chi connectivity index (χ1n) is 10.1. The summed E-state index contributed by atoms with van der Waals surface area (Å²) in [5.74, 6) is -0.901. The van der Waals surface area contributed by atoms with Crippen molar-refractivity contribution in [2.45, 2.75) is 25.9 Å². The molecule has 170 valence electrons. The molecule has 3 N–H and O–H groups in total. The Kier molecular flexibility index (Phi) is 5.78. The molecule has 0 saturated carbocycles. The van der Waals surface area contributed by atoms with Crippen LogP contribution in [0.3, 0.4) is 0 Å². The van der Waals surface area contributed by atoms with Gasteiger partial charge in [0.05, 0.1) is 22.7 Å². The zero-order chi connectivity index (χ0) is 23.9. The monoisotopic (exact) mass is 471 g/mol. The Hall–Kier alpha value is -3.55. The lowest BCUT2D eigenvalue weighted by Gasteiger charge is -2.42. The Morgan fingerprint density at radius 3 is 2.73 bits per heavy atom. The van der Waals surface area contributed by atoms with Crippen LogP contribution < -0.4 is 11.1 Å². The van der Waals surface area contributed by atoms with Crippen LogP contribution in [-0.2, 0) is 16.9 Å². The first-order chi connectivity index (χ1) is 15.7. The number of halogens is 3. The number of aromatic nitrogens is 3. The van der Waals surface area contributed by atoms with Gasteiger partial charge in [-0.1, -0.05) is 11.6 Å². The molecular formula is C22H20ClF2N7O. The van der Waals surface area contributed by atoms with Crippen LogP contribution >= 0.6 is 11.6 Å². The quantitative estimate of drug-likeness (QED) is 0.602. The van der Waals surface area contributed by atoms with E-state index >= 15 is 0 Å². The number of imidazole rings is 1. The molecular weight excluding hydrogens is 452 g/mol. The smallest absolute Gasteiger partial charge is 0.237 e. The number of nitrogens with zero attached hydrogens (tertiary/aromatic N) is 5. The van der Waals surface area contributed by atoms with Crippen LogP contribution in [0.1, 0.15) is 25.2 Å². The molecule has 0 fully saturated rings. The summed E-state index contributed by atoms with van der Waals surface area (Å²) >= 11 is 5.99. The number of hydrogen-bond acceptors (Lipinski definition) is 6. The van der Waals surface area contributed by atoms with Gasteiger partial charge in [0, 0.05) is 30.9 Å². The molecule has 0 radical (unpaired) electrons. The molecule has 1 aliphatic rings. The predicted molar refractivity (Wildman–Crippen MR) is 119 cm³/mol. The number of rotatable bonds is 4. The number of anilines is 2. The van der Waals surface area contributed by atoms with Gasteiger partial charge in [-0.25, -0.2) is 18.7 Å². The summed E-state index contributed by atoms with van der Waals surface area (Å²) < 4.78 is 29.5. The summed E-state index contributed by atoms with van der Waals surface area (Å²) in [6.45, 7) is 4.28. The molecule has 3 aromatic rings. The third-order valence-corrected chi connectivity index (χ3v) is 5.93. The molecule has 8 nitrogen and oxygen atoms in total. The van der Waals surface area contributed by atoms with E-state index < -0.39 is 17.2 Å². The Morgan fingerprint density at radius 1 is 1.30 bits per heavy atom. The maximum atomic E-state index is 14.1. The molecule has 0 bridgehead atoms. The molecule has 0 aliphatic carbocycles. The lowest BCUT2D eigenvalue weighted by atomic mass is 9.99. The largest absolute Gasteiger partial charge is 0.327 e. The second-order valence-electron chi connectivity index (χ2n) is 8.01. The topological polar surface area (TPSA) is 113 Å². The van der Waals surface area contributed by atoms with E-state index in [9.17, 15) is 18.8 Å². The zero-order valence-corrected chi connectivity index (χ0v) is 18.6. The van der Waals surface area contributed by atoms with Crippen LogP contribution in [0.5, 0.6) is 0 Å². The van der Waals surface area contributed by atoms with Crippen molar-refractivity contribution in [1.29, 1.82) is 5.26 Å². The third-order valence-electron chi connectivity index (χ3n) is 5.63. The van der Waals surface area contributed by atoms with Gasteiger partial charge in [-0.05, 0) is 32.0 Å². The minimum absolute atomic E-state index is 0.142. The van der Waals surface area contributed by atoms with E-state index in [4.69, 9.17) is 22.3 Å². The van der Waals surface area contributed by atoms with Crippen LogP contribution in [0.25, 0.3) is 11.3 Å². The highest BCUT2D eigenvalue weighted by molar-refractivity contribution is 6.31. The molecule has 0 saturated heterocycles. The maximum absolute atomic E-state index is 14.1. The number of fused-ring (bicyclic) bond motifs is 1. The van der Waals surface area contributed by atoms with Crippen LogP contribution in [0.4, 0.5) is 20.4 Å². The van der Waals surface area contributed by atoms with Gasteiger partial charge in [-0.2, -0.15) is 5.26 Å². The number of nitriles is 1. The number of carbonyl (C=O) groups excluding carboxylic acids is 1. The number of amides is 1. The number of carbonyl (C=O) groups is 1. The second-order valence-corrected chi connectivity index (χ2v) is 8.42. The minimum atomic E-state index is -1.01. The first-order valence-corrected chi connectivity index (χ1v) is 10.4. The van der Waals surface area contributed by atoms with E-state index in [1.165, 1.54) is 18.3 Å².